The number of likely N-dealkylation sites (tertiary alicyclic amines) is 1. The molecule has 96 valence electrons. The minimum Gasteiger partial charge on any atom is -0.296 e. The van der Waals surface area contributed by atoms with Crippen LogP contribution in [0, 0.1) is 17.2 Å². The third kappa shape index (κ3) is 3.01. The Hall–Kier alpha value is -0.550. The summed E-state index contributed by atoms with van der Waals surface area (Å²) in [6, 6.07) is 3.91. The van der Waals surface area contributed by atoms with Gasteiger partial charge >= 0.3 is 0 Å². The van der Waals surface area contributed by atoms with Crippen molar-refractivity contribution >= 4 is 0 Å². The van der Waals surface area contributed by atoms with Crippen LogP contribution < -0.4 is 0 Å². The van der Waals surface area contributed by atoms with Crippen molar-refractivity contribution in [3.8, 4) is 6.07 Å². The normalized spacial score (nSPS) is 36.1. The van der Waals surface area contributed by atoms with E-state index in [0.29, 0.717) is 12.0 Å². The molecule has 2 rings (SSSR count). The molecule has 17 heavy (non-hydrogen) atoms. The van der Waals surface area contributed by atoms with Gasteiger partial charge < -0.3 is 0 Å². The molecule has 0 amide bonds. The predicted octanol–water partition coefficient (Wildman–Crippen LogP) is 3.72. The highest BCUT2D eigenvalue weighted by Crippen LogP contribution is 2.32. The Morgan fingerprint density at radius 1 is 1.06 bits per heavy atom. The fourth-order valence-corrected chi connectivity index (χ4v) is 3.73. The van der Waals surface area contributed by atoms with E-state index in [1.54, 1.807) is 0 Å². The minimum atomic E-state index is 0.296. The molecular formula is C15H26N2. The largest absolute Gasteiger partial charge is 0.296 e. The van der Waals surface area contributed by atoms with Crippen molar-refractivity contribution in [2.75, 3.05) is 6.54 Å². The molecule has 2 heteroatoms. The number of hydrogen-bond acceptors (Lipinski definition) is 2. The first kappa shape index (κ1) is 12.9. The van der Waals surface area contributed by atoms with Gasteiger partial charge in [0.1, 0.15) is 0 Å². The molecular weight excluding hydrogens is 208 g/mol. The maximum Gasteiger partial charge on any atom is 0.0672 e. The third-order valence-corrected chi connectivity index (χ3v) is 4.72. The lowest BCUT2D eigenvalue weighted by Gasteiger charge is -2.42. The lowest BCUT2D eigenvalue weighted by Crippen LogP contribution is -2.48. The highest BCUT2D eigenvalue weighted by Gasteiger charge is 2.33. The van der Waals surface area contributed by atoms with E-state index in [1.807, 2.05) is 0 Å². The van der Waals surface area contributed by atoms with Gasteiger partial charge in [-0.15, -0.1) is 0 Å². The summed E-state index contributed by atoms with van der Waals surface area (Å²) in [4.78, 5) is 2.70. The van der Waals surface area contributed by atoms with Crippen LogP contribution in [0.1, 0.15) is 64.7 Å². The number of hydrogen-bond donors (Lipinski definition) is 0. The Labute approximate surface area is 106 Å². The van der Waals surface area contributed by atoms with E-state index in [0.717, 1.165) is 12.5 Å². The first-order valence-corrected chi connectivity index (χ1v) is 7.52. The number of rotatable bonds is 2. The van der Waals surface area contributed by atoms with Gasteiger partial charge in [-0.1, -0.05) is 32.6 Å². The summed E-state index contributed by atoms with van der Waals surface area (Å²) in [6.07, 6.45) is 11.7. The quantitative estimate of drug-likeness (QED) is 0.681. The minimum absolute atomic E-state index is 0.296. The van der Waals surface area contributed by atoms with Crippen molar-refractivity contribution in [1.82, 2.24) is 4.90 Å². The average Bonchev–Trinajstić information content (AvgIpc) is 2.63. The van der Waals surface area contributed by atoms with Gasteiger partial charge in [0.25, 0.3) is 0 Å². The molecule has 2 fully saturated rings. The summed E-state index contributed by atoms with van der Waals surface area (Å²) in [5, 5.41) is 9.40. The van der Waals surface area contributed by atoms with Gasteiger partial charge in [0.2, 0.25) is 0 Å². The van der Waals surface area contributed by atoms with Crippen molar-refractivity contribution in [1.29, 1.82) is 5.26 Å². The molecule has 1 heterocycles. The fourth-order valence-electron chi connectivity index (χ4n) is 3.73. The van der Waals surface area contributed by atoms with Crippen molar-refractivity contribution in [2.45, 2.75) is 76.8 Å². The van der Waals surface area contributed by atoms with Crippen molar-refractivity contribution in [3.05, 3.63) is 0 Å². The van der Waals surface area contributed by atoms with E-state index in [2.05, 4.69) is 17.9 Å². The Morgan fingerprint density at radius 3 is 2.59 bits per heavy atom. The van der Waals surface area contributed by atoms with Crippen molar-refractivity contribution in [2.24, 2.45) is 5.92 Å². The SMILES string of the molecule is CCC1CCCCN1C1CCCCCC1C#N. The monoisotopic (exact) mass is 234 g/mol. The number of piperidine rings is 1. The molecule has 0 radical (unpaired) electrons. The van der Waals surface area contributed by atoms with E-state index < -0.39 is 0 Å². The van der Waals surface area contributed by atoms with Gasteiger partial charge in [0.15, 0.2) is 0 Å². The Kier molecular flexibility index (Phi) is 4.86. The van der Waals surface area contributed by atoms with E-state index in [1.165, 1.54) is 57.9 Å². The van der Waals surface area contributed by atoms with Gasteiger partial charge in [-0.3, -0.25) is 4.90 Å². The average molecular weight is 234 g/mol. The number of nitrogens with zero attached hydrogens (tertiary/aromatic N) is 2. The van der Waals surface area contributed by atoms with Crippen LogP contribution in [0.25, 0.3) is 0 Å². The molecule has 3 atom stereocenters. The maximum absolute atomic E-state index is 9.40. The molecule has 2 aliphatic rings. The topological polar surface area (TPSA) is 27.0 Å². The van der Waals surface area contributed by atoms with Crippen LogP contribution in [0.3, 0.4) is 0 Å². The standard InChI is InChI=1S/C15H26N2/c1-2-14-9-6-7-11-17(14)15-10-5-3-4-8-13(15)12-16/h13-15H,2-11H2,1H3. The molecule has 3 unspecified atom stereocenters. The summed E-state index contributed by atoms with van der Waals surface area (Å²) in [5.74, 6) is 0.296. The lowest BCUT2D eigenvalue weighted by atomic mass is 9.89. The zero-order chi connectivity index (χ0) is 12.1. The Bertz CT molecular complexity index is 269. The summed E-state index contributed by atoms with van der Waals surface area (Å²) in [5.41, 5.74) is 0. The van der Waals surface area contributed by atoms with Crippen LogP contribution >= 0.6 is 0 Å². The summed E-state index contributed by atoms with van der Waals surface area (Å²) in [6.45, 7) is 3.54. The fraction of sp³-hybridized carbons (Fsp3) is 0.933. The van der Waals surface area contributed by atoms with Crippen LogP contribution in [-0.4, -0.2) is 23.5 Å². The Balaban J connectivity index is 2.08. The predicted molar refractivity (Wildman–Crippen MR) is 70.6 cm³/mol. The van der Waals surface area contributed by atoms with Gasteiger partial charge in [0, 0.05) is 12.1 Å². The molecule has 0 bridgehead atoms. The molecule has 0 aromatic heterocycles. The van der Waals surface area contributed by atoms with Crippen molar-refractivity contribution < 1.29 is 0 Å². The van der Waals surface area contributed by atoms with E-state index >= 15 is 0 Å². The van der Waals surface area contributed by atoms with Crippen LogP contribution in [0.2, 0.25) is 0 Å². The molecule has 1 saturated heterocycles. The summed E-state index contributed by atoms with van der Waals surface area (Å²) < 4.78 is 0. The van der Waals surface area contributed by atoms with Crippen LogP contribution in [0.5, 0.6) is 0 Å². The lowest BCUT2D eigenvalue weighted by molar-refractivity contribution is 0.0671. The van der Waals surface area contributed by atoms with E-state index in [-0.39, 0.29) is 0 Å². The second-order valence-corrected chi connectivity index (χ2v) is 5.74. The first-order chi connectivity index (χ1) is 8.36. The molecule has 1 saturated carbocycles. The van der Waals surface area contributed by atoms with Crippen LogP contribution in [-0.2, 0) is 0 Å². The molecule has 0 N–H and O–H groups in total. The zero-order valence-corrected chi connectivity index (χ0v) is 11.2. The highest BCUT2D eigenvalue weighted by molar-refractivity contribution is 4.97. The van der Waals surface area contributed by atoms with Gasteiger partial charge in [-0.25, -0.2) is 0 Å². The van der Waals surface area contributed by atoms with Crippen LogP contribution in [0.15, 0.2) is 0 Å². The summed E-state index contributed by atoms with van der Waals surface area (Å²) >= 11 is 0. The molecule has 0 aromatic carbocycles. The molecule has 1 aliphatic carbocycles. The molecule has 0 aromatic rings. The summed E-state index contributed by atoms with van der Waals surface area (Å²) in [7, 11) is 0. The molecule has 1 aliphatic heterocycles. The maximum atomic E-state index is 9.40. The highest BCUT2D eigenvalue weighted by atomic mass is 15.2. The van der Waals surface area contributed by atoms with Crippen molar-refractivity contribution in [3.63, 3.8) is 0 Å². The first-order valence-electron chi connectivity index (χ1n) is 7.52. The molecule has 2 nitrogen and oxygen atoms in total. The second-order valence-electron chi connectivity index (χ2n) is 5.74. The van der Waals surface area contributed by atoms with E-state index in [4.69, 9.17) is 0 Å². The molecule has 0 spiro atoms. The van der Waals surface area contributed by atoms with Gasteiger partial charge in [-0.2, -0.15) is 5.26 Å². The van der Waals surface area contributed by atoms with Gasteiger partial charge in [-0.05, 0) is 38.6 Å². The van der Waals surface area contributed by atoms with Crippen LogP contribution in [0.4, 0.5) is 0 Å². The smallest absolute Gasteiger partial charge is 0.0672 e. The second kappa shape index (κ2) is 6.40. The number of nitriles is 1. The Morgan fingerprint density at radius 2 is 1.82 bits per heavy atom. The van der Waals surface area contributed by atoms with Gasteiger partial charge in [0.05, 0.1) is 12.0 Å². The third-order valence-electron chi connectivity index (χ3n) is 4.72. The van der Waals surface area contributed by atoms with E-state index in [9.17, 15) is 5.26 Å². The zero-order valence-electron chi connectivity index (χ0n) is 11.2.